The molecule has 0 bridgehead atoms. The first kappa shape index (κ1) is 11.2. The van der Waals surface area contributed by atoms with Crippen LogP contribution in [0.5, 0.6) is 0 Å². The van der Waals surface area contributed by atoms with E-state index in [9.17, 15) is 8.42 Å². The van der Waals surface area contributed by atoms with Gasteiger partial charge in [0, 0.05) is 6.54 Å². The van der Waals surface area contributed by atoms with Crippen molar-refractivity contribution in [2.75, 3.05) is 26.4 Å². The fourth-order valence-electron chi connectivity index (χ4n) is 1.82. The molecule has 1 aromatic carbocycles. The van der Waals surface area contributed by atoms with E-state index in [1.165, 1.54) is 0 Å². The summed E-state index contributed by atoms with van der Waals surface area (Å²) in [5, 5.41) is 0. The van der Waals surface area contributed by atoms with Crippen LogP contribution in [0.2, 0.25) is 0 Å². The quantitative estimate of drug-likeness (QED) is 0.779. The monoisotopic (exact) mass is 238 g/mol. The third kappa shape index (κ3) is 1.62. The van der Waals surface area contributed by atoms with Crippen molar-refractivity contribution >= 4 is 21.6 Å². The summed E-state index contributed by atoms with van der Waals surface area (Å²) in [5.74, 6) is 0. The number of rotatable bonds is 2. The van der Waals surface area contributed by atoms with E-state index in [2.05, 4.69) is 0 Å². The minimum atomic E-state index is -3.38. The molecule has 2 N–H and O–H groups in total. The first-order chi connectivity index (χ1) is 7.43. The molecule has 5 heteroatoms. The molecule has 1 heterocycles. The second kappa shape index (κ2) is 3.61. The molecule has 16 heavy (non-hydrogen) atoms. The summed E-state index contributed by atoms with van der Waals surface area (Å²) in [6.45, 7) is 0.399. The van der Waals surface area contributed by atoms with Crippen LogP contribution in [0.3, 0.4) is 0 Å². The smallest absolute Gasteiger partial charge is 0.206 e. The Hall–Kier alpha value is -1.33. The van der Waals surface area contributed by atoms with Crippen LogP contribution in [-0.2, 0) is 9.84 Å². The van der Waals surface area contributed by atoms with Gasteiger partial charge in [-0.15, -0.1) is 0 Å². The van der Waals surface area contributed by atoms with E-state index in [4.69, 9.17) is 5.73 Å². The molecule has 0 spiro atoms. The van der Waals surface area contributed by atoms with Crippen LogP contribution in [-0.4, -0.2) is 34.0 Å². The molecular formula is C11H14N2O2S. The van der Waals surface area contributed by atoms with Crippen molar-refractivity contribution in [1.82, 2.24) is 4.90 Å². The highest BCUT2D eigenvalue weighted by molar-refractivity contribution is 7.96. The van der Waals surface area contributed by atoms with Crippen LogP contribution in [0.1, 0.15) is 5.56 Å². The van der Waals surface area contributed by atoms with Gasteiger partial charge in [-0.2, -0.15) is 0 Å². The van der Waals surface area contributed by atoms with E-state index in [0.29, 0.717) is 22.7 Å². The molecule has 1 aliphatic rings. The number of anilines is 1. The van der Waals surface area contributed by atoms with Gasteiger partial charge in [-0.05, 0) is 31.8 Å². The largest absolute Gasteiger partial charge is 0.398 e. The van der Waals surface area contributed by atoms with Crippen LogP contribution in [0.15, 0.2) is 28.0 Å². The molecule has 0 atom stereocenters. The van der Waals surface area contributed by atoms with Gasteiger partial charge in [-0.1, -0.05) is 12.1 Å². The molecule has 1 aliphatic heterocycles. The lowest BCUT2D eigenvalue weighted by Crippen LogP contribution is -2.18. The predicted molar refractivity (Wildman–Crippen MR) is 64.6 cm³/mol. The molecule has 0 amide bonds. The molecule has 0 saturated carbocycles. The average molecular weight is 238 g/mol. The zero-order valence-electron chi connectivity index (χ0n) is 9.27. The van der Waals surface area contributed by atoms with Gasteiger partial charge in [0.15, 0.2) is 0 Å². The summed E-state index contributed by atoms with van der Waals surface area (Å²) in [6.07, 6.45) is 1.70. The van der Waals surface area contributed by atoms with E-state index in [-0.39, 0.29) is 4.90 Å². The minimum absolute atomic E-state index is 0.256. The molecule has 0 aliphatic carbocycles. The molecule has 0 fully saturated rings. The van der Waals surface area contributed by atoms with Crippen molar-refractivity contribution in [3.63, 3.8) is 0 Å². The van der Waals surface area contributed by atoms with Gasteiger partial charge in [-0.3, -0.25) is 0 Å². The molecular weight excluding hydrogens is 224 g/mol. The second-order valence-corrected chi connectivity index (χ2v) is 6.06. The molecule has 0 unspecified atom stereocenters. The van der Waals surface area contributed by atoms with Crippen LogP contribution < -0.4 is 5.73 Å². The SMILES string of the molecule is CN(C)CC1=Cc2cccc(N)c2S1(=O)=O. The summed E-state index contributed by atoms with van der Waals surface area (Å²) in [6, 6.07) is 5.15. The summed E-state index contributed by atoms with van der Waals surface area (Å²) in [7, 11) is 0.294. The zero-order valence-corrected chi connectivity index (χ0v) is 10.1. The average Bonchev–Trinajstić information content (AvgIpc) is 2.38. The number of nitrogen functional groups attached to an aromatic ring is 1. The van der Waals surface area contributed by atoms with Crippen molar-refractivity contribution in [1.29, 1.82) is 0 Å². The predicted octanol–water partition coefficient (Wildman–Crippen LogP) is 0.959. The highest BCUT2D eigenvalue weighted by Gasteiger charge is 2.31. The highest BCUT2D eigenvalue weighted by Crippen LogP contribution is 2.36. The number of nitrogens with two attached hydrogens (primary N) is 1. The summed E-state index contributed by atoms with van der Waals surface area (Å²) >= 11 is 0. The van der Waals surface area contributed by atoms with Gasteiger partial charge in [0.1, 0.15) is 4.90 Å². The number of hydrogen-bond acceptors (Lipinski definition) is 4. The summed E-state index contributed by atoms with van der Waals surface area (Å²) in [4.78, 5) is 2.49. The Balaban J connectivity index is 2.56. The number of sulfone groups is 1. The van der Waals surface area contributed by atoms with Crippen LogP contribution >= 0.6 is 0 Å². The standard InChI is InChI=1S/C11H14N2O2S/c1-13(2)7-9-6-8-4-3-5-10(12)11(8)16(9,14)15/h3-6H,7,12H2,1-2H3. The van der Waals surface area contributed by atoms with Gasteiger partial charge < -0.3 is 10.6 Å². The number of nitrogens with zero attached hydrogens (tertiary/aromatic N) is 1. The first-order valence-corrected chi connectivity index (χ1v) is 6.40. The van der Waals surface area contributed by atoms with Crippen molar-refractivity contribution in [2.45, 2.75) is 4.90 Å². The van der Waals surface area contributed by atoms with Gasteiger partial charge in [0.2, 0.25) is 9.84 Å². The van der Waals surface area contributed by atoms with Crippen molar-refractivity contribution < 1.29 is 8.42 Å². The van der Waals surface area contributed by atoms with Crippen LogP contribution in [0, 0.1) is 0 Å². The second-order valence-electron chi connectivity index (χ2n) is 4.12. The number of hydrogen-bond donors (Lipinski definition) is 1. The molecule has 4 nitrogen and oxygen atoms in total. The summed E-state index contributed by atoms with van der Waals surface area (Å²) in [5.41, 5.74) is 6.73. The van der Waals surface area contributed by atoms with Crippen LogP contribution in [0.25, 0.3) is 6.08 Å². The van der Waals surface area contributed by atoms with Gasteiger partial charge in [0.25, 0.3) is 0 Å². The van der Waals surface area contributed by atoms with Crippen molar-refractivity contribution in [3.8, 4) is 0 Å². The Morgan fingerprint density at radius 1 is 1.31 bits per heavy atom. The minimum Gasteiger partial charge on any atom is -0.398 e. The first-order valence-electron chi connectivity index (χ1n) is 4.92. The normalized spacial score (nSPS) is 17.3. The Bertz CT molecular complexity index is 559. The number of fused-ring (bicyclic) bond motifs is 1. The van der Waals surface area contributed by atoms with Gasteiger partial charge >= 0.3 is 0 Å². The molecule has 86 valence electrons. The van der Waals surface area contributed by atoms with Gasteiger partial charge in [0.05, 0.1) is 10.6 Å². The van der Waals surface area contributed by atoms with E-state index in [1.807, 2.05) is 19.0 Å². The fourth-order valence-corrected chi connectivity index (χ4v) is 3.61. The zero-order chi connectivity index (χ0) is 11.9. The lowest BCUT2D eigenvalue weighted by atomic mass is 10.2. The Morgan fingerprint density at radius 2 is 2.00 bits per heavy atom. The lowest BCUT2D eigenvalue weighted by Gasteiger charge is -2.10. The van der Waals surface area contributed by atoms with E-state index < -0.39 is 9.84 Å². The Morgan fingerprint density at radius 3 is 2.56 bits per heavy atom. The third-order valence-electron chi connectivity index (χ3n) is 2.48. The van der Waals surface area contributed by atoms with Crippen molar-refractivity contribution in [3.05, 3.63) is 28.7 Å². The maximum atomic E-state index is 12.2. The summed E-state index contributed by atoms with van der Waals surface area (Å²) < 4.78 is 24.3. The van der Waals surface area contributed by atoms with Gasteiger partial charge in [-0.25, -0.2) is 8.42 Å². The van der Waals surface area contributed by atoms with E-state index in [1.54, 1.807) is 24.3 Å². The number of benzene rings is 1. The Labute approximate surface area is 95.3 Å². The number of likely N-dealkylation sites (N-methyl/N-ethyl adjacent to an activating group) is 1. The topological polar surface area (TPSA) is 63.4 Å². The lowest BCUT2D eigenvalue weighted by molar-refractivity contribution is 0.451. The molecule has 0 saturated heterocycles. The fraction of sp³-hybridized carbons (Fsp3) is 0.273. The maximum Gasteiger partial charge on any atom is 0.206 e. The highest BCUT2D eigenvalue weighted by atomic mass is 32.2. The molecule has 0 aromatic heterocycles. The van der Waals surface area contributed by atoms with E-state index in [0.717, 1.165) is 0 Å². The van der Waals surface area contributed by atoms with Crippen molar-refractivity contribution in [2.24, 2.45) is 0 Å². The molecule has 1 aromatic rings. The molecule has 0 radical (unpaired) electrons. The maximum absolute atomic E-state index is 12.2. The van der Waals surface area contributed by atoms with Crippen LogP contribution in [0.4, 0.5) is 5.69 Å². The van der Waals surface area contributed by atoms with E-state index >= 15 is 0 Å². The Kier molecular flexibility index (Phi) is 2.52. The molecule has 2 rings (SSSR count). The third-order valence-corrected chi connectivity index (χ3v) is 4.42.